The molecule has 82 valence electrons. The first-order valence-electron chi connectivity index (χ1n) is 5.82. The number of nitrogens with zero attached hydrogens (tertiary/aromatic N) is 2. The number of nitrogens with one attached hydrogen (secondary N) is 1. The minimum atomic E-state index is 0.604. The highest BCUT2D eigenvalue weighted by atomic mass is 15.1. The van der Waals surface area contributed by atoms with Gasteiger partial charge in [0.1, 0.15) is 0 Å². The lowest BCUT2D eigenvalue weighted by Gasteiger charge is -2.16. The number of rotatable bonds is 5. The van der Waals surface area contributed by atoms with E-state index in [9.17, 15) is 0 Å². The van der Waals surface area contributed by atoms with E-state index >= 15 is 0 Å². The van der Waals surface area contributed by atoms with Gasteiger partial charge in [-0.2, -0.15) is 10.2 Å². The van der Waals surface area contributed by atoms with Crippen LogP contribution >= 0.6 is 0 Å². The Morgan fingerprint density at radius 3 is 2.73 bits per heavy atom. The van der Waals surface area contributed by atoms with Gasteiger partial charge in [0.15, 0.2) is 0 Å². The number of hydrogen-bond donors (Lipinski definition) is 1. The van der Waals surface area contributed by atoms with Gasteiger partial charge in [0.05, 0.1) is 11.4 Å². The summed E-state index contributed by atoms with van der Waals surface area (Å²) in [5.41, 5.74) is 2.10. The van der Waals surface area contributed by atoms with Crippen LogP contribution in [0.3, 0.4) is 0 Å². The predicted molar refractivity (Wildman–Crippen MR) is 60.7 cm³/mol. The van der Waals surface area contributed by atoms with Crippen LogP contribution in [-0.2, 0) is 6.42 Å². The molecule has 1 aliphatic rings. The summed E-state index contributed by atoms with van der Waals surface area (Å²) in [5.74, 6) is 0.869. The van der Waals surface area contributed by atoms with Crippen molar-refractivity contribution in [3.8, 4) is 0 Å². The molecule has 1 aromatic heterocycles. The minimum absolute atomic E-state index is 0.604. The second-order valence-corrected chi connectivity index (χ2v) is 4.37. The molecule has 1 fully saturated rings. The van der Waals surface area contributed by atoms with Crippen LogP contribution in [0, 0.1) is 12.8 Å². The van der Waals surface area contributed by atoms with Crippen molar-refractivity contribution < 1.29 is 0 Å². The molecule has 1 aromatic rings. The Bertz CT molecular complexity index is 303. The van der Waals surface area contributed by atoms with E-state index in [0.717, 1.165) is 30.3 Å². The monoisotopic (exact) mass is 205 g/mol. The first-order valence-corrected chi connectivity index (χ1v) is 5.82. The summed E-state index contributed by atoms with van der Waals surface area (Å²) in [5, 5.41) is 11.9. The molecule has 1 unspecified atom stereocenters. The summed E-state index contributed by atoms with van der Waals surface area (Å²) in [4.78, 5) is 0. The largest absolute Gasteiger partial charge is 0.314 e. The topological polar surface area (TPSA) is 37.8 Å². The van der Waals surface area contributed by atoms with E-state index in [2.05, 4.69) is 28.5 Å². The molecular formula is C12H19N3. The van der Waals surface area contributed by atoms with Crippen LogP contribution in [0.25, 0.3) is 0 Å². The molecule has 1 aliphatic carbocycles. The van der Waals surface area contributed by atoms with E-state index in [1.807, 2.05) is 13.0 Å². The Kier molecular flexibility index (Phi) is 3.31. The van der Waals surface area contributed by atoms with Crippen LogP contribution in [0.1, 0.15) is 31.2 Å². The van der Waals surface area contributed by atoms with Crippen molar-refractivity contribution in [2.75, 3.05) is 6.54 Å². The van der Waals surface area contributed by atoms with Crippen LogP contribution < -0.4 is 5.32 Å². The second-order valence-electron chi connectivity index (χ2n) is 4.37. The third kappa shape index (κ3) is 2.99. The molecule has 0 aliphatic heterocycles. The minimum Gasteiger partial charge on any atom is -0.314 e. The molecule has 0 saturated heterocycles. The smallest absolute Gasteiger partial charge is 0.0646 e. The highest BCUT2D eigenvalue weighted by Crippen LogP contribution is 2.33. The molecular weight excluding hydrogens is 186 g/mol. The number of likely N-dealkylation sites (N-methyl/N-ethyl adjacent to an activating group) is 1. The molecule has 0 spiro atoms. The van der Waals surface area contributed by atoms with Gasteiger partial charge in [-0.1, -0.05) is 6.92 Å². The van der Waals surface area contributed by atoms with Gasteiger partial charge in [-0.3, -0.25) is 0 Å². The molecule has 1 atom stereocenters. The maximum atomic E-state index is 4.22. The van der Waals surface area contributed by atoms with Gasteiger partial charge in [-0.15, -0.1) is 0 Å². The van der Waals surface area contributed by atoms with Crippen molar-refractivity contribution >= 4 is 0 Å². The maximum Gasteiger partial charge on any atom is 0.0646 e. The lowest BCUT2D eigenvalue weighted by Crippen LogP contribution is -2.33. The van der Waals surface area contributed by atoms with Crippen LogP contribution in [0.4, 0.5) is 0 Å². The molecule has 15 heavy (non-hydrogen) atoms. The molecule has 1 N–H and O–H groups in total. The van der Waals surface area contributed by atoms with Crippen molar-refractivity contribution in [3.63, 3.8) is 0 Å². The summed E-state index contributed by atoms with van der Waals surface area (Å²) in [6.07, 6.45) is 3.76. The van der Waals surface area contributed by atoms with E-state index in [1.165, 1.54) is 12.8 Å². The fraction of sp³-hybridized carbons (Fsp3) is 0.667. The van der Waals surface area contributed by atoms with Gasteiger partial charge < -0.3 is 5.32 Å². The molecule has 0 radical (unpaired) electrons. The number of hydrogen-bond acceptors (Lipinski definition) is 3. The molecule has 1 heterocycles. The average molecular weight is 205 g/mol. The van der Waals surface area contributed by atoms with Crippen molar-refractivity contribution in [1.82, 2.24) is 15.5 Å². The summed E-state index contributed by atoms with van der Waals surface area (Å²) in [7, 11) is 0. The third-order valence-electron chi connectivity index (χ3n) is 2.94. The van der Waals surface area contributed by atoms with E-state index in [4.69, 9.17) is 0 Å². The van der Waals surface area contributed by atoms with Gasteiger partial charge >= 0.3 is 0 Å². The highest BCUT2D eigenvalue weighted by molar-refractivity contribution is 5.08. The SMILES string of the molecule is CCNC(Cc1ccc(C)nn1)C1CC1. The Hall–Kier alpha value is -0.960. The number of aromatic nitrogens is 2. The van der Waals surface area contributed by atoms with Crippen molar-refractivity contribution in [3.05, 3.63) is 23.5 Å². The Balaban J connectivity index is 1.95. The normalized spacial score (nSPS) is 17.7. The number of aryl methyl sites for hydroxylation is 1. The van der Waals surface area contributed by atoms with E-state index < -0.39 is 0 Å². The zero-order valence-electron chi connectivity index (χ0n) is 9.53. The molecule has 3 nitrogen and oxygen atoms in total. The average Bonchev–Trinajstić information content (AvgIpc) is 3.04. The molecule has 0 amide bonds. The van der Waals surface area contributed by atoms with Crippen LogP contribution in [0.15, 0.2) is 12.1 Å². The molecule has 2 rings (SSSR count). The van der Waals surface area contributed by atoms with Gasteiger partial charge in [-0.25, -0.2) is 0 Å². The molecule has 0 aromatic carbocycles. The van der Waals surface area contributed by atoms with Crippen molar-refractivity contribution in [1.29, 1.82) is 0 Å². The van der Waals surface area contributed by atoms with E-state index in [1.54, 1.807) is 0 Å². The van der Waals surface area contributed by atoms with E-state index in [0.29, 0.717) is 6.04 Å². The Morgan fingerprint density at radius 1 is 1.40 bits per heavy atom. The van der Waals surface area contributed by atoms with Gasteiger partial charge in [0, 0.05) is 12.5 Å². The lowest BCUT2D eigenvalue weighted by molar-refractivity contribution is 0.466. The Morgan fingerprint density at radius 2 is 2.20 bits per heavy atom. The van der Waals surface area contributed by atoms with Gasteiger partial charge in [0.25, 0.3) is 0 Å². The first kappa shape index (κ1) is 10.6. The Labute approximate surface area is 91.3 Å². The highest BCUT2D eigenvalue weighted by Gasteiger charge is 2.30. The fourth-order valence-corrected chi connectivity index (χ4v) is 1.93. The first-order chi connectivity index (χ1) is 7.29. The van der Waals surface area contributed by atoms with Crippen molar-refractivity contribution in [2.45, 2.75) is 39.2 Å². The van der Waals surface area contributed by atoms with Crippen LogP contribution in [0.5, 0.6) is 0 Å². The van der Waals surface area contributed by atoms with E-state index in [-0.39, 0.29) is 0 Å². The van der Waals surface area contributed by atoms with Crippen LogP contribution in [-0.4, -0.2) is 22.8 Å². The summed E-state index contributed by atoms with van der Waals surface area (Å²) in [6.45, 7) is 5.18. The van der Waals surface area contributed by atoms with Crippen LogP contribution in [0.2, 0.25) is 0 Å². The molecule has 0 bridgehead atoms. The van der Waals surface area contributed by atoms with Gasteiger partial charge in [-0.05, 0) is 44.4 Å². The maximum absolute atomic E-state index is 4.22. The van der Waals surface area contributed by atoms with Gasteiger partial charge in [0.2, 0.25) is 0 Å². The van der Waals surface area contributed by atoms with Crippen molar-refractivity contribution in [2.24, 2.45) is 5.92 Å². The lowest BCUT2D eigenvalue weighted by atomic mass is 10.1. The molecule has 1 saturated carbocycles. The summed E-state index contributed by atoms with van der Waals surface area (Å²) in [6, 6.07) is 4.74. The fourth-order valence-electron chi connectivity index (χ4n) is 1.93. The summed E-state index contributed by atoms with van der Waals surface area (Å²) < 4.78 is 0. The molecule has 3 heteroatoms. The third-order valence-corrected chi connectivity index (χ3v) is 2.94. The zero-order valence-corrected chi connectivity index (χ0v) is 9.53. The second kappa shape index (κ2) is 4.71. The predicted octanol–water partition coefficient (Wildman–Crippen LogP) is 1.72. The summed E-state index contributed by atoms with van der Waals surface area (Å²) >= 11 is 0. The quantitative estimate of drug-likeness (QED) is 0.795. The zero-order chi connectivity index (χ0) is 10.7. The standard InChI is InChI=1S/C12H19N3/c1-3-13-12(10-5-6-10)8-11-7-4-9(2)14-15-11/h4,7,10,12-13H,3,5-6,8H2,1-2H3.